The molecule has 2 aromatic carbocycles. The Hall–Kier alpha value is -2.80. The van der Waals surface area contributed by atoms with Gasteiger partial charge in [-0.15, -0.1) is 0 Å². The number of nitrogen functional groups attached to an aromatic ring is 1. The molecule has 0 bridgehead atoms. The van der Waals surface area contributed by atoms with Gasteiger partial charge in [0.25, 0.3) is 5.91 Å². The second-order valence-corrected chi connectivity index (χ2v) is 10.4. The normalized spacial score (nSPS) is 17.7. The number of hydrogen-bond acceptors (Lipinski definition) is 5. The molecule has 2 heterocycles. The number of benzene rings is 2. The minimum absolute atomic E-state index is 0.0914. The van der Waals surface area contributed by atoms with Gasteiger partial charge in [-0.2, -0.15) is 0 Å². The van der Waals surface area contributed by atoms with Crippen LogP contribution in [-0.4, -0.2) is 41.5 Å². The molecular weight excluding hydrogens is 495 g/mol. The fourth-order valence-corrected chi connectivity index (χ4v) is 5.08. The quantitative estimate of drug-likeness (QED) is 0.388. The van der Waals surface area contributed by atoms with Crippen molar-refractivity contribution in [1.29, 1.82) is 0 Å². The third-order valence-electron chi connectivity index (χ3n) is 6.86. The standard InChI is InChI=1S/C28H30Cl2N4O2/c29-24-4-1-5-25(30)23(24)17-36-26-13-21(15-33-27(26)31)19-6-8-20(9-7-19)28(35)34-12-2-3-18(16-34)14-32-22-10-11-22/h1,4-9,13,15,18,22,32H,2-3,10-12,14,16-17H2,(H2,31,33)/t18-/m1/s1. The summed E-state index contributed by atoms with van der Waals surface area (Å²) in [6.07, 6.45) is 6.51. The Labute approximate surface area is 221 Å². The molecule has 1 amide bonds. The lowest BCUT2D eigenvalue weighted by Crippen LogP contribution is -2.43. The van der Waals surface area contributed by atoms with Gasteiger partial charge < -0.3 is 20.7 Å². The van der Waals surface area contributed by atoms with E-state index in [-0.39, 0.29) is 18.3 Å². The molecule has 1 saturated carbocycles. The molecule has 0 radical (unpaired) electrons. The molecule has 1 atom stereocenters. The number of carbonyl (C=O) groups excluding carboxylic acids is 1. The number of nitrogens with one attached hydrogen (secondary N) is 1. The molecule has 0 unspecified atom stereocenters. The maximum Gasteiger partial charge on any atom is 0.253 e. The summed E-state index contributed by atoms with van der Waals surface area (Å²) in [4.78, 5) is 19.4. The third kappa shape index (κ3) is 5.94. The zero-order valence-electron chi connectivity index (χ0n) is 20.1. The number of likely N-dealkylation sites (tertiary alicyclic amines) is 1. The van der Waals surface area contributed by atoms with Crippen molar-refractivity contribution in [3.05, 3.63) is 75.9 Å². The molecule has 3 N–H and O–H groups in total. The summed E-state index contributed by atoms with van der Waals surface area (Å²) in [5, 5.41) is 4.67. The minimum Gasteiger partial charge on any atom is -0.485 e. The third-order valence-corrected chi connectivity index (χ3v) is 7.57. The average molecular weight is 525 g/mol. The van der Waals surface area contributed by atoms with Gasteiger partial charge in [0.2, 0.25) is 0 Å². The monoisotopic (exact) mass is 524 g/mol. The van der Waals surface area contributed by atoms with Crippen LogP contribution in [0.15, 0.2) is 54.7 Å². The van der Waals surface area contributed by atoms with Crippen molar-refractivity contribution in [3.63, 3.8) is 0 Å². The average Bonchev–Trinajstić information content (AvgIpc) is 3.73. The van der Waals surface area contributed by atoms with Crippen LogP contribution in [0.4, 0.5) is 5.82 Å². The Morgan fingerprint density at radius 3 is 2.56 bits per heavy atom. The molecule has 3 aromatic rings. The highest BCUT2D eigenvalue weighted by Gasteiger charge is 2.27. The van der Waals surface area contributed by atoms with E-state index in [1.54, 1.807) is 24.4 Å². The number of nitrogens with two attached hydrogens (primary N) is 1. The van der Waals surface area contributed by atoms with Gasteiger partial charge in [0.05, 0.1) is 0 Å². The summed E-state index contributed by atoms with van der Waals surface area (Å²) in [6, 6.07) is 15.5. The van der Waals surface area contributed by atoms with Crippen LogP contribution >= 0.6 is 23.2 Å². The van der Waals surface area contributed by atoms with Gasteiger partial charge in [-0.1, -0.05) is 41.4 Å². The number of pyridine rings is 1. The summed E-state index contributed by atoms with van der Waals surface area (Å²) >= 11 is 12.5. The van der Waals surface area contributed by atoms with Gasteiger partial charge in [0.1, 0.15) is 6.61 Å². The van der Waals surface area contributed by atoms with Crippen molar-refractivity contribution < 1.29 is 9.53 Å². The number of hydrogen-bond donors (Lipinski definition) is 2. The summed E-state index contributed by atoms with van der Waals surface area (Å²) < 4.78 is 5.91. The lowest BCUT2D eigenvalue weighted by molar-refractivity contribution is 0.0673. The van der Waals surface area contributed by atoms with Gasteiger partial charge in [0, 0.05) is 52.1 Å². The summed E-state index contributed by atoms with van der Waals surface area (Å²) in [5.74, 6) is 1.35. The molecule has 1 saturated heterocycles. The maximum absolute atomic E-state index is 13.2. The number of halogens is 2. The first-order valence-electron chi connectivity index (χ1n) is 12.4. The molecule has 5 rings (SSSR count). The van der Waals surface area contributed by atoms with E-state index in [0.717, 1.165) is 37.2 Å². The lowest BCUT2D eigenvalue weighted by Gasteiger charge is -2.33. The molecule has 1 aliphatic carbocycles. The van der Waals surface area contributed by atoms with Crippen molar-refractivity contribution in [2.45, 2.75) is 38.3 Å². The number of anilines is 1. The second kappa shape index (κ2) is 11.1. The van der Waals surface area contributed by atoms with Crippen LogP contribution in [0, 0.1) is 5.92 Å². The topological polar surface area (TPSA) is 80.5 Å². The number of aromatic nitrogens is 1. The Morgan fingerprint density at radius 2 is 1.83 bits per heavy atom. The van der Waals surface area contributed by atoms with Crippen LogP contribution in [0.2, 0.25) is 10.0 Å². The lowest BCUT2D eigenvalue weighted by atomic mass is 9.97. The first-order chi connectivity index (χ1) is 17.5. The second-order valence-electron chi connectivity index (χ2n) is 9.62. The van der Waals surface area contributed by atoms with Crippen molar-refractivity contribution in [1.82, 2.24) is 15.2 Å². The first-order valence-corrected chi connectivity index (χ1v) is 13.2. The van der Waals surface area contributed by atoms with E-state index >= 15 is 0 Å². The van der Waals surface area contributed by atoms with Crippen LogP contribution < -0.4 is 15.8 Å². The summed E-state index contributed by atoms with van der Waals surface area (Å²) in [7, 11) is 0. The van der Waals surface area contributed by atoms with Crippen molar-refractivity contribution in [3.8, 4) is 16.9 Å². The predicted molar refractivity (Wildman–Crippen MR) is 145 cm³/mol. The molecule has 2 fully saturated rings. The van der Waals surface area contributed by atoms with Gasteiger partial charge >= 0.3 is 0 Å². The van der Waals surface area contributed by atoms with Crippen LogP contribution in [0.25, 0.3) is 11.1 Å². The number of rotatable bonds is 8. The van der Waals surface area contributed by atoms with Crippen molar-refractivity contribution in [2.75, 3.05) is 25.4 Å². The Bertz CT molecular complexity index is 1210. The zero-order chi connectivity index (χ0) is 25.1. The Morgan fingerprint density at radius 1 is 1.08 bits per heavy atom. The van der Waals surface area contributed by atoms with Gasteiger partial charge in [-0.25, -0.2) is 4.98 Å². The Balaban J connectivity index is 1.24. The molecule has 8 heteroatoms. The molecule has 1 aliphatic heterocycles. The minimum atomic E-state index is 0.0914. The van der Waals surface area contributed by atoms with E-state index in [0.29, 0.717) is 38.9 Å². The van der Waals surface area contributed by atoms with Gasteiger partial charge in [0.15, 0.2) is 11.6 Å². The molecule has 0 spiro atoms. The van der Waals surface area contributed by atoms with Gasteiger partial charge in [-0.05, 0) is 74.0 Å². The highest BCUT2D eigenvalue weighted by atomic mass is 35.5. The fraction of sp³-hybridized carbons (Fsp3) is 0.357. The SMILES string of the molecule is Nc1ncc(-c2ccc(C(=O)N3CCC[C@H](CNC4CC4)C3)cc2)cc1OCc1c(Cl)cccc1Cl. The van der Waals surface area contributed by atoms with Crippen molar-refractivity contribution >= 4 is 34.9 Å². The smallest absolute Gasteiger partial charge is 0.253 e. The number of amides is 1. The zero-order valence-corrected chi connectivity index (χ0v) is 21.6. The van der Waals surface area contributed by atoms with E-state index < -0.39 is 0 Å². The number of piperidine rings is 1. The number of ether oxygens (including phenoxy) is 1. The summed E-state index contributed by atoms with van der Waals surface area (Å²) in [6.45, 7) is 2.82. The molecule has 2 aliphatic rings. The van der Waals surface area contributed by atoms with Crippen molar-refractivity contribution in [2.24, 2.45) is 5.92 Å². The van der Waals surface area contributed by atoms with E-state index in [1.807, 2.05) is 35.2 Å². The molecular formula is C28H30Cl2N4O2. The largest absolute Gasteiger partial charge is 0.485 e. The van der Waals surface area contributed by atoms with Crippen LogP contribution in [0.5, 0.6) is 5.75 Å². The predicted octanol–water partition coefficient (Wildman–Crippen LogP) is 5.82. The molecule has 188 valence electrons. The Kier molecular flexibility index (Phi) is 7.65. The molecule has 1 aromatic heterocycles. The fourth-order valence-electron chi connectivity index (χ4n) is 4.57. The van der Waals surface area contributed by atoms with Gasteiger partial charge in [-0.3, -0.25) is 4.79 Å². The molecule has 36 heavy (non-hydrogen) atoms. The molecule has 6 nitrogen and oxygen atoms in total. The van der Waals surface area contributed by atoms with E-state index in [2.05, 4.69) is 10.3 Å². The van der Waals surface area contributed by atoms with E-state index in [4.69, 9.17) is 33.7 Å². The van der Waals surface area contributed by atoms with Crippen LogP contribution in [-0.2, 0) is 6.61 Å². The van der Waals surface area contributed by atoms with Crippen LogP contribution in [0.3, 0.4) is 0 Å². The highest BCUT2D eigenvalue weighted by Crippen LogP contribution is 2.31. The number of nitrogens with zero attached hydrogens (tertiary/aromatic N) is 2. The summed E-state index contributed by atoms with van der Waals surface area (Å²) in [5.41, 5.74) is 9.20. The van der Waals surface area contributed by atoms with E-state index in [9.17, 15) is 4.79 Å². The van der Waals surface area contributed by atoms with Crippen LogP contribution in [0.1, 0.15) is 41.6 Å². The first kappa shape index (κ1) is 24.9. The van der Waals surface area contributed by atoms with E-state index in [1.165, 1.54) is 19.3 Å². The highest BCUT2D eigenvalue weighted by molar-refractivity contribution is 6.35. The maximum atomic E-state index is 13.2. The number of carbonyl (C=O) groups is 1.